The molecule has 88 valence electrons. The molecule has 0 saturated heterocycles. The van der Waals surface area contributed by atoms with Gasteiger partial charge in [-0.25, -0.2) is 0 Å². The zero-order valence-electron chi connectivity index (χ0n) is 10.2. The fourth-order valence-corrected chi connectivity index (χ4v) is 1.65. The van der Waals surface area contributed by atoms with Crippen LogP contribution in [0.15, 0.2) is 18.2 Å². The van der Waals surface area contributed by atoms with Crippen molar-refractivity contribution < 1.29 is 4.79 Å². The van der Waals surface area contributed by atoms with Crippen LogP contribution in [-0.4, -0.2) is 12.5 Å². The number of nitrogens with two attached hydrogens (primary N) is 1. The Hall–Kier alpha value is -1.35. The molecule has 16 heavy (non-hydrogen) atoms. The lowest BCUT2D eigenvalue weighted by molar-refractivity contribution is -0.119. The Balaban J connectivity index is 2.76. The third-order valence-corrected chi connectivity index (χ3v) is 2.79. The van der Waals surface area contributed by atoms with Crippen molar-refractivity contribution in [2.75, 3.05) is 11.9 Å². The van der Waals surface area contributed by atoms with Crippen molar-refractivity contribution in [2.45, 2.75) is 27.2 Å². The summed E-state index contributed by atoms with van der Waals surface area (Å²) in [5.74, 6) is -0.0855. The lowest BCUT2D eigenvalue weighted by Crippen LogP contribution is -2.28. The Kier molecular flexibility index (Phi) is 4.50. The predicted molar refractivity (Wildman–Crippen MR) is 67.4 cm³/mol. The molecular formula is C13H20N2O. The van der Waals surface area contributed by atoms with E-state index in [4.69, 9.17) is 5.73 Å². The molecule has 3 heteroatoms. The van der Waals surface area contributed by atoms with Crippen LogP contribution >= 0.6 is 0 Å². The molecule has 1 amide bonds. The first-order chi connectivity index (χ1) is 7.58. The number of hydrogen-bond acceptors (Lipinski definition) is 2. The lowest BCUT2D eigenvalue weighted by atomic mass is 10.1. The highest BCUT2D eigenvalue weighted by Gasteiger charge is 2.14. The number of hydrogen-bond donors (Lipinski definition) is 2. The molecule has 1 unspecified atom stereocenters. The van der Waals surface area contributed by atoms with E-state index >= 15 is 0 Å². The van der Waals surface area contributed by atoms with E-state index in [1.807, 2.05) is 32.9 Å². The van der Waals surface area contributed by atoms with Gasteiger partial charge in [0, 0.05) is 12.2 Å². The van der Waals surface area contributed by atoms with Crippen molar-refractivity contribution in [3.8, 4) is 0 Å². The van der Waals surface area contributed by atoms with Crippen molar-refractivity contribution in [3.63, 3.8) is 0 Å². The molecule has 0 aliphatic carbocycles. The van der Waals surface area contributed by atoms with Gasteiger partial charge in [-0.05, 0) is 31.9 Å². The molecule has 0 saturated carbocycles. The average molecular weight is 220 g/mol. The normalized spacial score (nSPS) is 12.2. The number of anilines is 1. The van der Waals surface area contributed by atoms with Crippen LogP contribution in [0.3, 0.4) is 0 Å². The topological polar surface area (TPSA) is 55.1 Å². The quantitative estimate of drug-likeness (QED) is 0.817. The van der Waals surface area contributed by atoms with Gasteiger partial charge in [0.15, 0.2) is 0 Å². The molecule has 0 fully saturated rings. The molecule has 0 heterocycles. The second kappa shape index (κ2) is 5.66. The van der Waals surface area contributed by atoms with Gasteiger partial charge in [0.05, 0.1) is 5.92 Å². The highest BCUT2D eigenvalue weighted by Crippen LogP contribution is 2.17. The van der Waals surface area contributed by atoms with Crippen molar-refractivity contribution in [2.24, 2.45) is 11.7 Å². The third kappa shape index (κ3) is 3.07. The first-order valence-corrected chi connectivity index (χ1v) is 5.66. The molecule has 0 radical (unpaired) electrons. The number of benzene rings is 1. The summed E-state index contributed by atoms with van der Waals surface area (Å²) in [5.41, 5.74) is 8.70. The number of amides is 1. The van der Waals surface area contributed by atoms with Gasteiger partial charge < -0.3 is 11.1 Å². The predicted octanol–water partition coefficient (Wildman–Crippen LogP) is 2.23. The summed E-state index contributed by atoms with van der Waals surface area (Å²) in [7, 11) is 0. The van der Waals surface area contributed by atoms with E-state index in [0.29, 0.717) is 6.54 Å². The van der Waals surface area contributed by atoms with Gasteiger partial charge in [0.2, 0.25) is 5.91 Å². The lowest BCUT2D eigenvalue weighted by Gasteiger charge is -2.14. The first-order valence-electron chi connectivity index (χ1n) is 5.66. The van der Waals surface area contributed by atoms with Gasteiger partial charge in [0.1, 0.15) is 0 Å². The Morgan fingerprint density at radius 1 is 1.44 bits per heavy atom. The summed E-state index contributed by atoms with van der Waals surface area (Å²) in [6.07, 6.45) is 0.771. The zero-order valence-corrected chi connectivity index (χ0v) is 10.2. The summed E-state index contributed by atoms with van der Waals surface area (Å²) in [6.45, 7) is 6.39. The summed E-state index contributed by atoms with van der Waals surface area (Å²) in [5, 5.41) is 2.92. The number of nitrogens with one attached hydrogen (secondary N) is 1. The molecular weight excluding hydrogens is 200 g/mol. The largest absolute Gasteiger partial charge is 0.330 e. The maximum Gasteiger partial charge on any atom is 0.228 e. The molecule has 0 spiro atoms. The molecule has 0 aromatic heterocycles. The Bertz CT molecular complexity index is 370. The highest BCUT2D eigenvalue weighted by molar-refractivity contribution is 5.93. The van der Waals surface area contributed by atoms with Crippen LogP contribution in [0.1, 0.15) is 24.5 Å². The summed E-state index contributed by atoms with van der Waals surface area (Å²) in [6, 6.07) is 5.98. The van der Waals surface area contributed by atoms with Crippen LogP contribution < -0.4 is 11.1 Å². The van der Waals surface area contributed by atoms with Crippen LogP contribution in [0, 0.1) is 19.8 Å². The molecule has 0 aliphatic rings. The average Bonchev–Trinajstić information content (AvgIpc) is 2.24. The highest BCUT2D eigenvalue weighted by atomic mass is 16.1. The second-order valence-electron chi connectivity index (χ2n) is 4.15. The smallest absolute Gasteiger partial charge is 0.228 e. The van der Waals surface area contributed by atoms with E-state index in [9.17, 15) is 4.79 Å². The number of carbonyl (C=O) groups is 1. The summed E-state index contributed by atoms with van der Waals surface area (Å²) >= 11 is 0. The van der Waals surface area contributed by atoms with E-state index in [1.54, 1.807) is 0 Å². The molecule has 3 nitrogen and oxygen atoms in total. The van der Waals surface area contributed by atoms with Crippen molar-refractivity contribution in [1.29, 1.82) is 0 Å². The molecule has 0 bridgehead atoms. The number of carbonyl (C=O) groups excluding carboxylic acids is 1. The standard InChI is InChI=1S/C13H20N2O/c1-4-11(8-14)13(16)15-12-6-5-9(2)7-10(12)3/h5-7,11H,4,8,14H2,1-3H3,(H,15,16). The Morgan fingerprint density at radius 2 is 2.12 bits per heavy atom. The monoisotopic (exact) mass is 220 g/mol. The summed E-state index contributed by atoms with van der Waals surface area (Å²) < 4.78 is 0. The van der Waals surface area contributed by atoms with Crippen molar-refractivity contribution in [1.82, 2.24) is 0 Å². The molecule has 0 aliphatic heterocycles. The third-order valence-electron chi connectivity index (χ3n) is 2.79. The minimum absolute atomic E-state index is 0.0111. The van der Waals surface area contributed by atoms with Crippen LogP contribution in [0.5, 0.6) is 0 Å². The molecule has 1 aromatic carbocycles. The number of aryl methyl sites for hydroxylation is 2. The SMILES string of the molecule is CCC(CN)C(=O)Nc1ccc(C)cc1C. The van der Waals surface area contributed by atoms with Gasteiger partial charge in [-0.2, -0.15) is 0 Å². The Morgan fingerprint density at radius 3 is 2.62 bits per heavy atom. The maximum absolute atomic E-state index is 11.8. The molecule has 1 aromatic rings. The second-order valence-corrected chi connectivity index (χ2v) is 4.15. The van der Waals surface area contributed by atoms with Crippen LogP contribution in [0.25, 0.3) is 0 Å². The van der Waals surface area contributed by atoms with Gasteiger partial charge in [-0.3, -0.25) is 4.79 Å². The van der Waals surface area contributed by atoms with E-state index in [0.717, 1.165) is 17.7 Å². The fraction of sp³-hybridized carbons (Fsp3) is 0.462. The van der Waals surface area contributed by atoms with E-state index < -0.39 is 0 Å². The molecule has 1 atom stereocenters. The molecule has 1 rings (SSSR count). The van der Waals surface area contributed by atoms with Crippen LogP contribution in [0.4, 0.5) is 5.69 Å². The summed E-state index contributed by atoms with van der Waals surface area (Å²) in [4.78, 5) is 11.8. The van der Waals surface area contributed by atoms with Gasteiger partial charge >= 0.3 is 0 Å². The fourth-order valence-electron chi connectivity index (χ4n) is 1.65. The Labute approximate surface area is 97.0 Å². The van der Waals surface area contributed by atoms with Crippen LogP contribution in [0.2, 0.25) is 0 Å². The minimum Gasteiger partial charge on any atom is -0.330 e. The van der Waals surface area contributed by atoms with E-state index in [-0.39, 0.29) is 11.8 Å². The molecule has 3 N–H and O–H groups in total. The minimum atomic E-state index is -0.0966. The van der Waals surface area contributed by atoms with E-state index in [2.05, 4.69) is 11.4 Å². The zero-order chi connectivity index (χ0) is 12.1. The van der Waals surface area contributed by atoms with Crippen molar-refractivity contribution >= 4 is 11.6 Å². The van der Waals surface area contributed by atoms with Crippen LogP contribution in [-0.2, 0) is 4.79 Å². The van der Waals surface area contributed by atoms with Gasteiger partial charge in [-0.1, -0.05) is 24.6 Å². The van der Waals surface area contributed by atoms with Crippen molar-refractivity contribution in [3.05, 3.63) is 29.3 Å². The first kappa shape index (κ1) is 12.7. The number of rotatable bonds is 4. The van der Waals surface area contributed by atoms with Gasteiger partial charge in [-0.15, -0.1) is 0 Å². The maximum atomic E-state index is 11.8. The van der Waals surface area contributed by atoms with Gasteiger partial charge in [0.25, 0.3) is 0 Å². The van der Waals surface area contributed by atoms with E-state index in [1.165, 1.54) is 5.56 Å².